The third kappa shape index (κ3) is 3.27. The Balaban J connectivity index is 0.00000147. The summed E-state index contributed by atoms with van der Waals surface area (Å²) in [5.41, 5.74) is 0.983. The van der Waals surface area contributed by atoms with Crippen LogP contribution in [0.15, 0.2) is 24.3 Å². The average Bonchev–Trinajstić information content (AvgIpc) is 3.21. The lowest BCUT2D eigenvalue weighted by Gasteiger charge is -2.25. The topological polar surface area (TPSA) is 41.1 Å². The largest absolute Gasteiger partial charge is 0.346 e. The highest BCUT2D eigenvalue weighted by Gasteiger charge is 2.46. The molecule has 1 atom stereocenters. The fourth-order valence-electron chi connectivity index (χ4n) is 2.81. The predicted octanol–water partition coefficient (Wildman–Crippen LogP) is 2.87. The molecule has 1 saturated heterocycles. The Hall–Kier alpha value is -0.770. The summed E-state index contributed by atoms with van der Waals surface area (Å²) in [6.07, 6.45) is 4.10. The highest BCUT2D eigenvalue weighted by atomic mass is 35.5. The molecule has 20 heavy (non-hydrogen) atoms. The lowest BCUT2D eigenvalue weighted by molar-refractivity contribution is -0.126. The first-order chi connectivity index (χ1) is 9.20. The second kappa shape index (κ2) is 6.33. The zero-order chi connectivity index (χ0) is 13.3. The average molecular weight is 315 g/mol. The summed E-state index contributed by atoms with van der Waals surface area (Å²) in [6, 6.07) is 7.84. The maximum absolute atomic E-state index is 12.3. The maximum Gasteiger partial charge on any atom is 0.225 e. The molecule has 1 aromatic carbocycles. The van der Waals surface area contributed by atoms with Gasteiger partial charge in [0.2, 0.25) is 5.91 Å². The van der Waals surface area contributed by atoms with Crippen LogP contribution < -0.4 is 10.6 Å². The van der Waals surface area contributed by atoms with Gasteiger partial charge in [-0.2, -0.15) is 0 Å². The SMILES string of the molecule is Cl.O=C(NC1(c2cccc(Cl)c2)CC1)C1CCCNC1. The van der Waals surface area contributed by atoms with Crippen molar-refractivity contribution in [2.75, 3.05) is 13.1 Å². The highest BCUT2D eigenvalue weighted by molar-refractivity contribution is 6.30. The summed E-state index contributed by atoms with van der Waals surface area (Å²) < 4.78 is 0. The van der Waals surface area contributed by atoms with Gasteiger partial charge in [0.15, 0.2) is 0 Å². The first kappa shape index (κ1) is 15.6. The minimum atomic E-state index is -0.153. The molecule has 0 bridgehead atoms. The molecule has 0 aromatic heterocycles. The van der Waals surface area contributed by atoms with Crippen LogP contribution in [0, 0.1) is 5.92 Å². The minimum absolute atomic E-state index is 0. The van der Waals surface area contributed by atoms with E-state index >= 15 is 0 Å². The van der Waals surface area contributed by atoms with E-state index in [0.29, 0.717) is 0 Å². The van der Waals surface area contributed by atoms with Gasteiger partial charge < -0.3 is 10.6 Å². The number of nitrogens with one attached hydrogen (secondary N) is 2. The predicted molar refractivity (Wildman–Crippen MR) is 83.3 cm³/mol. The van der Waals surface area contributed by atoms with E-state index in [1.54, 1.807) is 0 Å². The van der Waals surface area contributed by atoms with E-state index in [1.165, 1.54) is 0 Å². The molecule has 1 aromatic rings. The van der Waals surface area contributed by atoms with Gasteiger partial charge in [-0.3, -0.25) is 4.79 Å². The Morgan fingerprint density at radius 3 is 2.80 bits per heavy atom. The van der Waals surface area contributed by atoms with Crippen LogP contribution in [-0.4, -0.2) is 19.0 Å². The van der Waals surface area contributed by atoms with Crippen LogP contribution in [-0.2, 0) is 10.3 Å². The summed E-state index contributed by atoms with van der Waals surface area (Å²) >= 11 is 6.04. The third-order valence-corrected chi connectivity index (χ3v) is 4.39. The number of hydrogen-bond acceptors (Lipinski definition) is 2. The van der Waals surface area contributed by atoms with Crippen molar-refractivity contribution in [1.82, 2.24) is 10.6 Å². The van der Waals surface area contributed by atoms with Crippen molar-refractivity contribution < 1.29 is 4.79 Å². The molecular weight excluding hydrogens is 295 g/mol. The molecule has 1 aliphatic carbocycles. The molecule has 1 unspecified atom stereocenters. The monoisotopic (exact) mass is 314 g/mol. The molecular formula is C15H20Cl2N2O. The van der Waals surface area contributed by atoms with Crippen LogP contribution in [0.3, 0.4) is 0 Å². The first-order valence-corrected chi connectivity index (χ1v) is 7.36. The smallest absolute Gasteiger partial charge is 0.225 e. The number of benzene rings is 1. The van der Waals surface area contributed by atoms with Gasteiger partial charge in [-0.1, -0.05) is 23.7 Å². The van der Waals surface area contributed by atoms with Crippen molar-refractivity contribution in [2.24, 2.45) is 5.92 Å². The lowest BCUT2D eigenvalue weighted by atomic mass is 9.97. The van der Waals surface area contributed by atoms with Crippen molar-refractivity contribution in [2.45, 2.75) is 31.2 Å². The number of carbonyl (C=O) groups excluding carboxylic acids is 1. The second-order valence-electron chi connectivity index (χ2n) is 5.62. The van der Waals surface area contributed by atoms with Gasteiger partial charge in [-0.25, -0.2) is 0 Å². The van der Waals surface area contributed by atoms with Crippen LogP contribution in [0.2, 0.25) is 5.02 Å². The standard InChI is InChI=1S/C15H19ClN2O.ClH/c16-13-5-1-4-12(9-13)15(6-7-15)18-14(19)11-3-2-8-17-10-11;/h1,4-5,9,11,17H,2-3,6-8,10H2,(H,18,19);1H. The molecule has 1 heterocycles. The molecule has 3 rings (SSSR count). The highest BCUT2D eigenvalue weighted by Crippen LogP contribution is 2.46. The van der Waals surface area contributed by atoms with Crippen LogP contribution in [0.1, 0.15) is 31.2 Å². The van der Waals surface area contributed by atoms with Gasteiger partial charge in [0.25, 0.3) is 0 Å². The number of halogens is 2. The van der Waals surface area contributed by atoms with E-state index in [4.69, 9.17) is 11.6 Å². The van der Waals surface area contributed by atoms with E-state index in [0.717, 1.165) is 49.4 Å². The molecule has 1 aliphatic heterocycles. The molecule has 1 amide bonds. The Bertz CT molecular complexity index is 483. The van der Waals surface area contributed by atoms with Gasteiger partial charge in [-0.05, 0) is 49.9 Å². The van der Waals surface area contributed by atoms with Crippen LogP contribution >= 0.6 is 24.0 Å². The zero-order valence-corrected chi connectivity index (χ0v) is 12.9. The van der Waals surface area contributed by atoms with Gasteiger partial charge in [-0.15, -0.1) is 12.4 Å². The lowest BCUT2D eigenvalue weighted by Crippen LogP contribution is -2.44. The molecule has 0 radical (unpaired) electrons. The quantitative estimate of drug-likeness (QED) is 0.900. The minimum Gasteiger partial charge on any atom is -0.346 e. The van der Waals surface area contributed by atoms with Crippen molar-refractivity contribution in [1.29, 1.82) is 0 Å². The summed E-state index contributed by atoms with van der Waals surface area (Å²) in [4.78, 5) is 12.3. The Labute approximate surface area is 130 Å². The third-order valence-electron chi connectivity index (χ3n) is 4.16. The molecule has 2 N–H and O–H groups in total. The zero-order valence-electron chi connectivity index (χ0n) is 11.3. The van der Waals surface area contributed by atoms with Crippen LogP contribution in [0.4, 0.5) is 0 Å². The first-order valence-electron chi connectivity index (χ1n) is 6.98. The summed E-state index contributed by atoms with van der Waals surface area (Å²) in [7, 11) is 0. The molecule has 3 nitrogen and oxygen atoms in total. The second-order valence-corrected chi connectivity index (χ2v) is 6.06. The van der Waals surface area contributed by atoms with Gasteiger partial charge in [0.05, 0.1) is 11.5 Å². The van der Waals surface area contributed by atoms with E-state index < -0.39 is 0 Å². The number of amides is 1. The molecule has 2 aliphatic rings. The molecule has 1 saturated carbocycles. The molecule has 2 fully saturated rings. The number of rotatable bonds is 3. The fraction of sp³-hybridized carbons (Fsp3) is 0.533. The summed E-state index contributed by atoms with van der Waals surface area (Å²) in [5.74, 6) is 0.301. The van der Waals surface area contributed by atoms with Crippen molar-refractivity contribution in [3.63, 3.8) is 0 Å². The maximum atomic E-state index is 12.3. The van der Waals surface area contributed by atoms with Crippen molar-refractivity contribution in [3.05, 3.63) is 34.9 Å². The number of piperidine rings is 1. The van der Waals surface area contributed by atoms with E-state index in [-0.39, 0.29) is 29.8 Å². The summed E-state index contributed by atoms with van der Waals surface area (Å²) in [6.45, 7) is 1.83. The molecule has 5 heteroatoms. The van der Waals surface area contributed by atoms with Crippen LogP contribution in [0.5, 0.6) is 0 Å². The summed E-state index contributed by atoms with van der Waals surface area (Å²) in [5, 5.41) is 7.27. The molecule has 0 spiro atoms. The van der Waals surface area contributed by atoms with Gasteiger partial charge in [0.1, 0.15) is 0 Å². The molecule has 110 valence electrons. The normalized spacial score (nSPS) is 23.6. The fourth-order valence-corrected chi connectivity index (χ4v) is 3.00. The Morgan fingerprint density at radius 2 is 2.20 bits per heavy atom. The van der Waals surface area contributed by atoms with Crippen LogP contribution in [0.25, 0.3) is 0 Å². The number of hydrogen-bond donors (Lipinski definition) is 2. The van der Waals surface area contributed by atoms with Gasteiger partial charge in [0, 0.05) is 11.6 Å². The number of carbonyl (C=O) groups is 1. The van der Waals surface area contributed by atoms with E-state index in [2.05, 4.69) is 16.7 Å². The Morgan fingerprint density at radius 1 is 1.40 bits per heavy atom. The van der Waals surface area contributed by atoms with E-state index in [9.17, 15) is 4.79 Å². The van der Waals surface area contributed by atoms with Crippen molar-refractivity contribution >= 4 is 29.9 Å². The van der Waals surface area contributed by atoms with E-state index in [1.807, 2.05) is 18.2 Å². The van der Waals surface area contributed by atoms with Crippen molar-refractivity contribution in [3.8, 4) is 0 Å². The Kier molecular flexibility index (Phi) is 4.95. The van der Waals surface area contributed by atoms with Gasteiger partial charge >= 0.3 is 0 Å².